The maximum atomic E-state index is 10.9. The van der Waals surface area contributed by atoms with Crippen LogP contribution in [0.15, 0.2) is 12.3 Å². The number of aryl methyl sites for hydroxylation is 2. The van der Waals surface area contributed by atoms with Gasteiger partial charge in [0.15, 0.2) is 0 Å². The van der Waals surface area contributed by atoms with Crippen LogP contribution in [0.5, 0.6) is 0 Å². The summed E-state index contributed by atoms with van der Waals surface area (Å²) in [6.07, 6.45) is 5.35. The normalized spacial score (nSPS) is 10.3. The zero-order valence-electron chi connectivity index (χ0n) is 9.42. The molecule has 1 aromatic heterocycles. The van der Waals surface area contributed by atoms with E-state index in [0.29, 0.717) is 6.42 Å². The van der Waals surface area contributed by atoms with E-state index in [9.17, 15) is 4.79 Å². The molecular weight excluding hydrogens is 188 g/mol. The number of aromatic nitrogens is 1. The van der Waals surface area contributed by atoms with Gasteiger partial charge in [-0.05, 0) is 37.0 Å². The number of unbranched alkanes of at least 4 members (excludes halogenated alkanes) is 1. The minimum absolute atomic E-state index is 0.293. The standard InChI is InChI=1S/C12H18N2O/c1-3-4-5-10-6-9(2)14-8-11(10)7-12(13)15/h6,8H,3-5,7H2,1-2H3,(H2,13,15). The number of nitrogens with two attached hydrogens (primary N) is 1. The zero-order valence-corrected chi connectivity index (χ0v) is 9.42. The molecule has 0 atom stereocenters. The Kier molecular flexibility index (Phi) is 4.28. The third kappa shape index (κ3) is 3.70. The van der Waals surface area contributed by atoms with Crippen molar-refractivity contribution in [1.82, 2.24) is 4.98 Å². The van der Waals surface area contributed by atoms with Crippen LogP contribution in [0.3, 0.4) is 0 Å². The maximum Gasteiger partial charge on any atom is 0.221 e. The number of carbonyl (C=O) groups excluding carboxylic acids is 1. The van der Waals surface area contributed by atoms with Crippen molar-refractivity contribution in [2.24, 2.45) is 5.73 Å². The van der Waals surface area contributed by atoms with Gasteiger partial charge in [-0.1, -0.05) is 13.3 Å². The Labute approximate surface area is 90.7 Å². The number of primary amides is 1. The molecule has 1 aromatic rings. The molecule has 0 bridgehead atoms. The SMILES string of the molecule is CCCCc1cc(C)ncc1CC(N)=O. The van der Waals surface area contributed by atoms with Gasteiger partial charge >= 0.3 is 0 Å². The number of pyridine rings is 1. The van der Waals surface area contributed by atoms with E-state index in [2.05, 4.69) is 11.9 Å². The fourth-order valence-corrected chi connectivity index (χ4v) is 1.59. The quantitative estimate of drug-likeness (QED) is 0.798. The van der Waals surface area contributed by atoms with E-state index in [-0.39, 0.29) is 5.91 Å². The fourth-order valence-electron chi connectivity index (χ4n) is 1.59. The van der Waals surface area contributed by atoms with Crippen LogP contribution in [0.2, 0.25) is 0 Å². The van der Waals surface area contributed by atoms with Crippen molar-refractivity contribution >= 4 is 5.91 Å². The van der Waals surface area contributed by atoms with E-state index in [1.54, 1.807) is 6.20 Å². The molecule has 0 spiro atoms. The summed E-state index contributed by atoms with van der Waals surface area (Å²) in [5, 5.41) is 0. The van der Waals surface area contributed by atoms with Gasteiger partial charge in [0, 0.05) is 11.9 Å². The molecule has 0 aliphatic rings. The van der Waals surface area contributed by atoms with Crippen LogP contribution < -0.4 is 5.73 Å². The molecule has 3 heteroatoms. The van der Waals surface area contributed by atoms with Crippen LogP contribution in [-0.4, -0.2) is 10.9 Å². The summed E-state index contributed by atoms with van der Waals surface area (Å²) in [7, 11) is 0. The van der Waals surface area contributed by atoms with E-state index in [1.165, 1.54) is 5.56 Å². The first-order chi connectivity index (χ1) is 7.13. The Bertz CT molecular complexity index is 347. The van der Waals surface area contributed by atoms with Gasteiger partial charge in [-0.2, -0.15) is 0 Å². The lowest BCUT2D eigenvalue weighted by atomic mass is 10.0. The third-order valence-electron chi connectivity index (χ3n) is 2.38. The van der Waals surface area contributed by atoms with Crippen molar-refractivity contribution < 1.29 is 4.79 Å². The molecule has 0 aliphatic heterocycles. The van der Waals surface area contributed by atoms with E-state index < -0.39 is 0 Å². The number of hydrogen-bond donors (Lipinski definition) is 1. The molecule has 3 nitrogen and oxygen atoms in total. The highest BCUT2D eigenvalue weighted by Gasteiger charge is 2.06. The summed E-state index contributed by atoms with van der Waals surface area (Å²) in [4.78, 5) is 15.1. The lowest BCUT2D eigenvalue weighted by Crippen LogP contribution is -2.15. The number of nitrogens with zero attached hydrogens (tertiary/aromatic N) is 1. The Hall–Kier alpha value is -1.38. The van der Waals surface area contributed by atoms with Crippen molar-refractivity contribution in [2.75, 3.05) is 0 Å². The molecule has 0 aliphatic carbocycles. The van der Waals surface area contributed by atoms with Crippen molar-refractivity contribution in [3.8, 4) is 0 Å². The van der Waals surface area contributed by atoms with E-state index >= 15 is 0 Å². The first kappa shape index (κ1) is 11.7. The Morgan fingerprint density at radius 1 is 1.47 bits per heavy atom. The van der Waals surface area contributed by atoms with E-state index in [1.807, 2.05) is 13.0 Å². The molecule has 1 amide bonds. The molecule has 2 N–H and O–H groups in total. The Morgan fingerprint density at radius 2 is 2.20 bits per heavy atom. The van der Waals surface area contributed by atoms with Gasteiger partial charge in [0.25, 0.3) is 0 Å². The smallest absolute Gasteiger partial charge is 0.221 e. The van der Waals surface area contributed by atoms with Gasteiger partial charge in [0.1, 0.15) is 0 Å². The summed E-state index contributed by atoms with van der Waals surface area (Å²) in [6, 6.07) is 2.05. The molecule has 0 unspecified atom stereocenters. The van der Waals surface area contributed by atoms with Crippen molar-refractivity contribution in [3.63, 3.8) is 0 Å². The summed E-state index contributed by atoms with van der Waals surface area (Å²) < 4.78 is 0. The van der Waals surface area contributed by atoms with E-state index in [4.69, 9.17) is 5.73 Å². The number of amides is 1. The third-order valence-corrected chi connectivity index (χ3v) is 2.38. The second-order valence-corrected chi connectivity index (χ2v) is 3.84. The molecule has 0 fully saturated rings. The van der Waals surface area contributed by atoms with Crippen LogP contribution in [0.4, 0.5) is 0 Å². The number of carbonyl (C=O) groups is 1. The monoisotopic (exact) mass is 206 g/mol. The van der Waals surface area contributed by atoms with Gasteiger partial charge in [0.05, 0.1) is 6.42 Å². The van der Waals surface area contributed by atoms with Gasteiger partial charge in [-0.15, -0.1) is 0 Å². The fraction of sp³-hybridized carbons (Fsp3) is 0.500. The summed E-state index contributed by atoms with van der Waals surface area (Å²) in [6.45, 7) is 4.12. The predicted molar refractivity (Wildman–Crippen MR) is 60.5 cm³/mol. The first-order valence-electron chi connectivity index (χ1n) is 5.36. The molecule has 0 saturated heterocycles. The average molecular weight is 206 g/mol. The molecular formula is C12H18N2O. The topological polar surface area (TPSA) is 56.0 Å². The average Bonchev–Trinajstić information content (AvgIpc) is 2.18. The highest BCUT2D eigenvalue weighted by atomic mass is 16.1. The van der Waals surface area contributed by atoms with Crippen molar-refractivity contribution in [2.45, 2.75) is 39.5 Å². The number of rotatable bonds is 5. The molecule has 0 saturated carbocycles. The zero-order chi connectivity index (χ0) is 11.3. The van der Waals surface area contributed by atoms with Crippen LogP contribution in [0.25, 0.3) is 0 Å². The molecule has 1 rings (SSSR count). The van der Waals surface area contributed by atoms with Gasteiger partial charge in [-0.25, -0.2) is 0 Å². The molecule has 1 heterocycles. The molecule has 0 radical (unpaired) electrons. The molecule has 82 valence electrons. The van der Waals surface area contributed by atoms with Crippen molar-refractivity contribution in [3.05, 3.63) is 29.1 Å². The minimum atomic E-state index is -0.293. The van der Waals surface area contributed by atoms with Crippen molar-refractivity contribution in [1.29, 1.82) is 0 Å². The van der Waals surface area contributed by atoms with Crippen LogP contribution in [-0.2, 0) is 17.6 Å². The van der Waals surface area contributed by atoms with Gasteiger partial charge in [-0.3, -0.25) is 9.78 Å². The highest BCUT2D eigenvalue weighted by Crippen LogP contribution is 2.13. The lowest BCUT2D eigenvalue weighted by molar-refractivity contribution is -0.117. The molecule has 15 heavy (non-hydrogen) atoms. The first-order valence-corrected chi connectivity index (χ1v) is 5.36. The maximum absolute atomic E-state index is 10.9. The minimum Gasteiger partial charge on any atom is -0.369 e. The highest BCUT2D eigenvalue weighted by molar-refractivity contribution is 5.76. The summed E-state index contributed by atoms with van der Waals surface area (Å²) in [5.74, 6) is -0.293. The van der Waals surface area contributed by atoms with E-state index in [0.717, 1.165) is 30.5 Å². The molecule has 0 aromatic carbocycles. The predicted octanol–water partition coefficient (Wildman–Crippen LogP) is 1.76. The second-order valence-electron chi connectivity index (χ2n) is 3.84. The lowest BCUT2D eigenvalue weighted by Gasteiger charge is -2.08. The number of hydrogen-bond acceptors (Lipinski definition) is 2. The van der Waals surface area contributed by atoms with Crippen LogP contribution in [0.1, 0.15) is 36.6 Å². The summed E-state index contributed by atoms with van der Waals surface area (Å²) >= 11 is 0. The largest absolute Gasteiger partial charge is 0.369 e. The summed E-state index contributed by atoms with van der Waals surface area (Å²) in [5.41, 5.74) is 8.37. The van der Waals surface area contributed by atoms with Crippen LogP contribution in [0, 0.1) is 6.92 Å². The van der Waals surface area contributed by atoms with Crippen LogP contribution >= 0.6 is 0 Å². The van der Waals surface area contributed by atoms with Gasteiger partial charge < -0.3 is 5.73 Å². The Balaban J connectivity index is 2.87. The Morgan fingerprint density at radius 3 is 2.80 bits per heavy atom. The van der Waals surface area contributed by atoms with Gasteiger partial charge in [0.2, 0.25) is 5.91 Å². The second kappa shape index (κ2) is 5.49.